The molecule has 1 saturated heterocycles. The van der Waals surface area contributed by atoms with Gasteiger partial charge in [-0.05, 0) is 52.5 Å². The fourth-order valence-electron chi connectivity index (χ4n) is 2.10. The molecule has 1 aromatic rings. The summed E-state index contributed by atoms with van der Waals surface area (Å²) < 4.78 is 36.3. The van der Waals surface area contributed by atoms with Gasteiger partial charge in [-0.15, -0.1) is 0 Å². The molecule has 1 heterocycles. The standard InChI is InChI=1S/C12H15BrFNO2S/c13-11-2-1-9(5-12(11)14)6-15-7-10-3-4-18(16,17)8-10/h1-2,5,10,15H,3-4,6-8H2. The molecule has 1 aromatic carbocycles. The van der Waals surface area contributed by atoms with Crippen molar-refractivity contribution in [1.82, 2.24) is 5.32 Å². The molecular formula is C12H15BrFNO2S. The van der Waals surface area contributed by atoms with Crippen molar-refractivity contribution >= 4 is 25.8 Å². The SMILES string of the molecule is O=S1(=O)CCC(CNCc2ccc(Br)c(F)c2)C1. The summed E-state index contributed by atoms with van der Waals surface area (Å²) in [5.74, 6) is 0.481. The Morgan fingerprint density at radius 1 is 1.44 bits per heavy atom. The Morgan fingerprint density at radius 3 is 2.83 bits per heavy atom. The molecule has 6 heteroatoms. The van der Waals surface area contributed by atoms with Crippen molar-refractivity contribution in [2.45, 2.75) is 13.0 Å². The van der Waals surface area contributed by atoms with Crippen molar-refractivity contribution in [3.63, 3.8) is 0 Å². The number of benzene rings is 1. The van der Waals surface area contributed by atoms with Crippen LogP contribution in [-0.2, 0) is 16.4 Å². The van der Waals surface area contributed by atoms with Crippen LogP contribution in [0.15, 0.2) is 22.7 Å². The fourth-order valence-corrected chi connectivity index (χ4v) is 4.21. The van der Waals surface area contributed by atoms with Crippen molar-refractivity contribution in [2.75, 3.05) is 18.1 Å². The zero-order valence-electron chi connectivity index (χ0n) is 9.83. The minimum atomic E-state index is -2.81. The van der Waals surface area contributed by atoms with Gasteiger partial charge in [0, 0.05) is 6.54 Å². The average Bonchev–Trinajstić information content (AvgIpc) is 2.63. The van der Waals surface area contributed by atoms with Gasteiger partial charge >= 0.3 is 0 Å². The highest BCUT2D eigenvalue weighted by Crippen LogP contribution is 2.18. The van der Waals surface area contributed by atoms with Gasteiger partial charge in [-0.2, -0.15) is 0 Å². The highest BCUT2D eigenvalue weighted by Gasteiger charge is 2.27. The lowest BCUT2D eigenvalue weighted by atomic mass is 10.1. The van der Waals surface area contributed by atoms with Crippen molar-refractivity contribution in [3.05, 3.63) is 34.1 Å². The summed E-state index contributed by atoms with van der Waals surface area (Å²) in [5.41, 5.74) is 0.858. The molecule has 0 saturated carbocycles. The maximum absolute atomic E-state index is 13.3. The van der Waals surface area contributed by atoms with E-state index in [0.29, 0.717) is 23.3 Å². The monoisotopic (exact) mass is 335 g/mol. The zero-order chi connectivity index (χ0) is 13.2. The average molecular weight is 336 g/mol. The quantitative estimate of drug-likeness (QED) is 0.916. The van der Waals surface area contributed by atoms with Crippen LogP contribution in [0.4, 0.5) is 4.39 Å². The molecule has 0 bridgehead atoms. The normalized spacial score (nSPS) is 22.2. The Labute approximate surface area is 115 Å². The molecule has 1 aliphatic heterocycles. The molecule has 18 heavy (non-hydrogen) atoms. The summed E-state index contributed by atoms with van der Waals surface area (Å²) in [4.78, 5) is 0. The highest BCUT2D eigenvalue weighted by molar-refractivity contribution is 9.10. The minimum Gasteiger partial charge on any atom is -0.312 e. The third kappa shape index (κ3) is 3.76. The summed E-state index contributed by atoms with van der Waals surface area (Å²) in [6, 6.07) is 4.99. The number of rotatable bonds is 4. The number of hydrogen-bond donors (Lipinski definition) is 1. The van der Waals surface area contributed by atoms with Crippen LogP contribution in [-0.4, -0.2) is 26.5 Å². The second-order valence-electron chi connectivity index (χ2n) is 4.65. The molecule has 0 aliphatic carbocycles. The second-order valence-corrected chi connectivity index (χ2v) is 7.73. The van der Waals surface area contributed by atoms with Gasteiger partial charge in [0.2, 0.25) is 0 Å². The van der Waals surface area contributed by atoms with E-state index in [1.165, 1.54) is 6.07 Å². The van der Waals surface area contributed by atoms with E-state index in [0.717, 1.165) is 12.0 Å². The lowest BCUT2D eigenvalue weighted by molar-refractivity contribution is 0.519. The molecular weight excluding hydrogens is 321 g/mol. The van der Waals surface area contributed by atoms with Gasteiger partial charge in [0.25, 0.3) is 0 Å². The largest absolute Gasteiger partial charge is 0.312 e. The van der Waals surface area contributed by atoms with Crippen molar-refractivity contribution in [3.8, 4) is 0 Å². The smallest absolute Gasteiger partial charge is 0.150 e. The second kappa shape index (κ2) is 5.67. The van der Waals surface area contributed by atoms with E-state index in [1.807, 2.05) is 6.07 Å². The summed E-state index contributed by atoms with van der Waals surface area (Å²) in [6.07, 6.45) is 0.726. The van der Waals surface area contributed by atoms with Gasteiger partial charge < -0.3 is 5.32 Å². The van der Waals surface area contributed by atoms with Crippen LogP contribution in [0.3, 0.4) is 0 Å². The van der Waals surface area contributed by atoms with E-state index in [9.17, 15) is 12.8 Å². The lowest BCUT2D eigenvalue weighted by Gasteiger charge is -2.09. The maximum atomic E-state index is 13.3. The predicted molar refractivity (Wildman–Crippen MR) is 72.6 cm³/mol. The summed E-state index contributed by atoms with van der Waals surface area (Å²) in [6.45, 7) is 1.22. The number of halogens is 2. The van der Waals surface area contributed by atoms with Crippen LogP contribution in [0.25, 0.3) is 0 Å². The van der Waals surface area contributed by atoms with Crippen LogP contribution in [0.5, 0.6) is 0 Å². The van der Waals surface area contributed by atoms with E-state index >= 15 is 0 Å². The molecule has 0 aromatic heterocycles. The van der Waals surface area contributed by atoms with Gasteiger partial charge in [-0.25, -0.2) is 12.8 Å². The van der Waals surface area contributed by atoms with Crippen molar-refractivity contribution in [2.24, 2.45) is 5.92 Å². The Morgan fingerprint density at radius 2 is 2.22 bits per heavy atom. The van der Waals surface area contributed by atoms with Crippen molar-refractivity contribution < 1.29 is 12.8 Å². The highest BCUT2D eigenvalue weighted by atomic mass is 79.9. The molecule has 2 rings (SSSR count). The summed E-state index contributed by atoms with van der Waals surface area (Å²) >= 11 is 3.10. The topological polar surface area (TPSA) is 46.2 Å². The molecule has 100 valence electrons. The molecule has 1 aliphatic rings. The van der Waals surface area contributed by atoms with Gasteiger partial charge in [0.1, 0.15) is 5.82 Å². The Balaban J connectivity index is 1.80. The van der Waals surface area contributed by atoms with Crippen LogP contribution in [0.1, 0.15) is 12.0 Å². The van der Waals surface area contributed by atoms with Gasteiger partial charge in [0.05, 0.1) is 16.0 Å². The lowest BCUT2D eigenvalue weighted by Crippen LogP contribution is -2.23. The predicted octanol–water partition coefficient (Wildman–Crippen LogP) is 2.11. The number of sulfone groups is 1. The third-order valence-electron chi connectivity index (χ3n) is 3.07. The van der Waals surface area contributed by atoms with Crippen LogP contribution in [0.2, 0.25) is 0 Å². The molecule has 1 unspecified atom stereocenters. The molecule has 0 radical (unpaired) electrons. The van der Waals surface area contributed by atoms with E-state index < -0.39 is 9.84 Å². The zero-order valence-corrected chi connectivity index (χ0v) is 12.2. The van der Waals surface area contributed by atoms with E-state index in [4.69, 9.17) is 0 Å². The van der Waals surface area contributed by atoms with E-state index in [2.05, 4.69) is 21.2 Å². The van der Waals surface area contributed by atoms with Gasteiger partial charge in [-0.1, -0.05) is 6.07 Å². The van der Waals surface area contributed by atoms with Crippen LogP contribution >= 0.6 is 15.9 Å². The molecule has 1 fully saturated rings. The van der Waals surface area contributed by atoms with Crippen LogP contribution < -0.4 is 5.32 Å². The minimum absolute atomic E-state index is 0.190. The van der Waals surface area contributed by atoms with Crippen LogP contribution in [0, 0.1) is 11.7 Å². The Kier molecular flexibility index (Phi) is 4.40. The molecule has 1 atom stereocenters. The van der Waals surface area contributed by atoms with E-state index in [1.54, 1.807) is 6.07 Å². The fraction of sp³-hybridized carbons (Fsp3) is 0.500. The summed E-state index contributed by atoms with van der Waals surface area (Å²) in [5, 5.41) is 3.18. The Bertz CT molecular complexity index is 533. The van der Waals surface area contributed by atoms with Crippen molar-refractivity contribution in [1.29, 1.82) is 0 Å². The van der Waals surface area contributed by atoms with Gasteiger partial charge in [0.15, 0.2) is 9.84 Å². The maximum Gasteiger partial charge on any atom is 0.150 e. The first-order chi connectivity index (χ1) is 8.46. The molecule has 0 spiro atoms. The molecule has 1 N–H and O–H groups in total. The first-order valence-electron chi connectivity index (χ1n) is 5.81. The number of hydrogen-bond acceptors (Lipinski definition) is 3. The van der Waals surface area contributed by atoms with E-state index in [-0.39, 0.29) is 17.5 Å². The summed E-state index contributed by atoms with van der Waals surface area (Å²) in [7, 11) is -2.81. The third-order valence-corrected chi connectivity index (χ3v) is 5.55. The first kappa shape index (κ1) is 14.0. The first-order valence-corrected chi connectivity index (χ1v) is 8.43. The Hall–Kier alpha value is -0.460. The molecule has 0 amide bonds. The number of nitrogens with one attached hydrogen (secondary N) is 1. The van der Waals surface area contributed by atoms with Gasteiger partial charge in [-0.3, -0.25) is 0 Å². The molecule has 3 nitrogen and oxygen atoms in total.